The number of halogens is 3. The summed E-state index contributed by atoms with van der Waals surface area (Å²) in [5, 5.41) is 0.205. The van der Waals surface area contributed by atoms with Crippen molar-refractivity contribution in [1.82, 2.24) is 0 Å². The molecule has 2 aromatic rings. The Labute approximate surface area is 113 Å². The summed E-state index contributed by atoms with van der Waals surface area (Å²) in [6, 6.07) is 8.42. The fraction of sp³-hybridized carbons (Fsp3) is 0. The molecule has 7 heteroatoms. The zero-order chi connectivity index (χ0) is 14.0. The number of anilines is 1. The Morgan fingerprint density at radius 3 is 2.16 bits per heavy atom. The van der Waals surface area contributed by atoms with E-state index in [0.717, 1.165) is 18.2 Å². The molecule has 0 aromatic heterocycles. The monoisotopic (exact) mass is 303 g/mol. The molecule has 1 N–H and O–H groups in total. The van der Waals surface area contributed by atoms with Gasteiger partial charge in [0, 0.05) is 5.02 Å². The van der Waals surface area contributed by atoms with E-state index < -0.39 is 27.3 Å². The van der Waals surface area contributed by atoms with E-state index in [-0.39, 0.29) is 9.92 Å². The number of para-hydroxylation sites is 1. The van der Waals surface area contributed by atoms with Gasteiger partial charge in [0.1, 0.15) is 17.3 Å². The van der Waals surface area contributed by atoms with Crippen LogP contribution < -0.4 is 4.72 Å². The van der Waals surface area contributed by atoms with Crippen molar-refractivity contribution >= 4 is 27.3 Å². The Bertz CT molecular complexity index is 699. The van der Waals surface area contributed by atoms with E-state index in [1.807, 2.05) is 4.72 Å². The molecule has 0 heterocycles. The number of nitrogens with one attached hydrogen (secondary N) is 1. The molecular formula is C12H8ClF2NO2S. The molecule has 0 radical (unpaired) electrons. The molecule has 0 spiro atoms. The summed E-state index contributed by atoms with van der Waals surface area (Å²) in [7, 11) is -4.10. The Balaban J connectivity index is 2.42. The van der Waals surface area contributed by atoms with Crippen LogP contribution in [-0.2, 0) is 10.0 Å². The molecule has 0 bridgehead atoms. The maximum absolute atomic E-state index is 13.4. The fourth-order valence-corrected chi connectivity index (χ4v) is 2.80. The molecule has 100 valence electrons. The molecule has 0 saturated carbocycles. The molecule has 0 aliphatic carbocycles. The van der Waals surface area contributed by atoms with Gasteiger partial charge >= 0.3 is 0 Å². The first-order valence-corrected chi connectivity index (χ1v) is 6.99. The van der Waals surface area contributed by atoms with Gasteiger partial charge in [-0.05, 0) is 30.3 Å². The number of sulfonamides is 1. The predicted molar refractivity (Wildman–Crippen MR) is 68.6 cm³/mol. The molecule has 0 fully saturated rings. The van der Waals surface area contributed by atoms with Crippen LogP contribution in [0.2, 0.25) is 5.02 Å². The number of rotatable bonds is 3. The number of hydrogen-bond acceptors (Lipinski definition) is 2. The van der Waals surface area contributed by atoms with Crippen molar-refractivity contribution in [3.63, 3.8) is 0 Å². The van der Waals surface area contributed by atoms with Gasteiger partial charge in [0.25, 0.3) is 10.0 Å². The molecule has 0 atom stereocenters. The summed E-state index contributed by atoms with van der Waals surface area (Å²) >= 11 is 5.68. The van der Waals surface area contributed by atoms with Crippen LogP contribution in [0, 0.1) is 11.6 Å². The van der Waals surface area contributed by atoms with Crippen LogP contribution in [-0.4, -0.2) is 8.42 Å². The normalized spacial score (nSPS) is 11.3. The minimum absolute atomic E-state index is 0.178. The average molecular weight is 304 g/mol. The molecule has 2 rings (SSSR count). The van der Waals surface area contributed by atoms with Crippen molar-refractivity contribution < 1.29 is 17.2 Å². The largest absolute Gasteiger partial charge is 0.274 e. The molecule has 3 nitrogen and oxygen atoms in total. The molecule has 2 aromatic carbocycles. The lowest BCUT2D eigenvalue weighted by molar-refractivity contribution is 0.583. The van der Waals surface area contributed by atoms with Gasteiger partial charge in [-0.25, -0.2) is 17.2 Å². The van der Waals surface area contributed by atoms with Crippen LogP contribution in [0.3, 0.4) is 0 Å². The Morgan fingerprint density at radius 1 is 1.00 bits per heavy atom. The lowest BCUT2D eigenvalue weighted by Gasteiger charge is -2.09. The maximum atomic E-state index is 13.4. The van der Waals surface area contributed by atoms with Gasteiger partial charge in [0.2, 0.25) is 0 Å². The van der Waals surface area contributed by atoms with Gasteiger partial charge in [-0.2, -0.15) is 0 Å². The summed E-state index contributed by atoms with van der Waals surface area (Å²) in [5.41, 5.74) is -0.720. The van der Waals surface area contributed by atoms with Crippen LogP contribution in [0.4, 0.5) is 14.5 Å². The highest BCUT2D eigenvalue weighted by molar-refractivity contribution is 7.92. The van der Waals surface area contributed by atoms with Gasteiger partial charge in [0.05, 0.1) is 4.90 Å². The second-order valence-corrected chi connectivity index (χ2v) is 5.78. The SMILES string of the molecule is O=S(=O)(Nc1c(F)cccc1F)c1cccc(Cl)c1. The first-order chi connectivity index (χ1) is 8.90. The minimum Gasteiger partial charge on any atom is -0.274 e. The second-order valence-electron chi connectivity index (χ2n) is 3.66. The summed E-state index contributed by atoms with van der Waals surface area (Å²) in [6.45, 7) is 0. The van der Waals surface area contributed by atoms with Crippen LogP contribution in [0.25, 0.3) is 0 Å². The Hall–Kier alpha value is -1.66. The minimum atomic E-state index is -4.10. The number of benzene rings is 2. The van der Waals surface area contributed by atoms with Gasteiger partial charge < -0.3 is 0 Å². The van der Waals surface area contributed by atoms with Crippen molar-refractivity contribution in [2.45, 2.75) is 4.90 Å². The third-order valence-corrected chi connectivity index (χ3v) is 3.89. The van der Waals surface area contributed by atoms with Crippen molar-refractivity contribution in [2.75, 3.05) is 4.72 Å². The third-order valence-electron chi connectivity index (χ3n) is 2.31. The van der Waals surface area contributed by atoms with E-state index in [0.29, 0.717) is 0 Å². The molecular weight excluding hydrogens is 296 g/mol. The lowest BCUT2D eigenvalue weighted by atomic mass is 10.3. The Morgan fingerprint density at radius 2 is 1.58 bits per heavy atom. The molecule has 0 amide bonds. The second kappa shape index (κ2) is 5.14. The topological polar surface area (TPSA) is 46.2 Å². The van der Waals surface area contributed by atoms with Crippen LogP contribution in [0.1, 0.15) is 0 Å². The van der Waals surface area contributed by atoms with Crippen molar-refractivity contribution in [2.24, 2.45) is 0 Å². The van der Waals surface area contributed by atoms with E-state index >= 15 is 0 Å². The molecule has 0 aliphatic rings. The van der Waals surface area contributed by atoms with Gasteiger partial charge in [0.15, 0.2) is 0 Å². The maximum Gasteiger partial charge on any atom is 0.262 e. The molecule has 19 heavy (non-hydrogen) atoms. The average Bonchev–Trinajstić information content (AvgIpc) is 2.34. The van der Waals surface area contributed by atoms with Crippen molar-refractivity contribution in [3.8, 4) is 0 Å². The van der Waals surface area contributed by atoms with E-state index in [1.165, 1.54) is 24.3 Å². The first kappa shape index (κ1) is 13.8. The molecule has 0 unspecified atom stereocenters. The summed E-state index contributed by atoms with van der Waals surface area (Å²) in [6.07, 6.45) is 0. The standard InChI is InChI=1S/C12H8ClF2NO2S/c13-8-3-1-4-9(7-8)19(17,18)16-12-10(14)5-2-6-11(12)15/h1-7,16H. The van der Waals surface area contributed by atoms with Gasteiger partial charge in [-0.1, -0.05) is 23.7 Å². The first-order valence-electron chi connectivity index (χ1n) is 5.12. The van der Waals surface area contributed by atoms with Gasteiger partial charge in [-0.3, -0.25) is 4.72 Å². The molecule has 0 saturated heterocycles. The van der Waals surface area contributed by atoms with E-state index in [2.05, 4.69) is 0 Å². The third kappa shape index (κ3) is 3.02. The highest BCUT2D eigenvalue weighted by atomic mass is 35.5. The summed E-state index contributed by atoms with van der Waals surface area (Å²) in [5.74, 6) is -1.99. The fourth-order valence-electron chi connectivity index (χ4n) is 1.42. The van der Waals surface area contributed by atoms with E-state index in [1.54, 1.807) is 0 Å². The highest BCUT2D eigenvalue weighted by Gasteiger charge is 2.19. The van der Waals surface area contributed by atoms with Crippen molar-refractivity contribution in [1.29, 1.82) is 0 Å². The van der Waals surface area contributed by atoms with Crippen LogP contribution in [0.15, 0.2) is 47.4 Å². The highest BCUT2D eigenvalue weighted by Crippen LogP contribution is 2.23. The van der Waals surface area contributed by atoms with E-state index in [4.69, 9.17) is 11.6 Å². The zero-order valence-corrected chi connectivity index (χ0v) is 11.0. The van der Waals surface area contributed by atoms with Gasteiger partial charge in [-0.15, -0.1) is 0 Å². The predicted octanol–water partition coefficient (Wildman–Crippen LogP) is 3.42. The Kier molecular flexibility index (Phi) is 3.73. The molecule has 0 aliphatic heterocycles. The van der Waals surface area contributed by atoms with Crippen molar-refractivity contribution in [3.05, 3.63) is 59.1 Å². The summed E-state index contributed by atoms with van der Waals surface area (Å²) < 4.78 is 52.5. The van der Waals surface area contributed by atoms with Crippen LogP contribution in [0.5, 0.6) is 0 Å². The summed E-state index contributed by atoms with van der Waals surface area (Å²) in [4.78, 5) is -0.178. The van der Waals surface area contributed by atoms with E-state index in [9.17, 15) is 17.2 Å². The number of hydrogen-bond donors (Lipinski definition) is 1. The lowest BCUT2D eigenvalue weighted by Crippen LogP contribution is -2.15. The smallest absolute Gasteiger partial charge is 0.262 e. The zero-order valence-electron chi connectivity index (χ0n) is 9.40. The quantitative estimate of drug-likeness (QED) is 0.944. The van der Waals surface area contributed by atoms with Crippen LogP contribution >= 0.6 is 11.6 Å².